The molecule has 0 amide bonds. The van der Waals surface area contributed by atoms with E-state index in [9.17, 15) is 4.79 Å². The van der Waals surface area contributed by atoms with Crippen molar-refractivity contribution in [3.8, 4) is 0 Å². The van der Waals surface area contributed by atoms with E-state index < -0.39 is 5.97 Å². The fraction of sp³-hybridized carbons (Fsp3) is 0.786. The molecule has 1 aromatic rings. The minimum atomic E-state index is -0.827. The zero-order valence-electron chi connectivity index (χ0n) is 12.8. The molecule has 1 saturated carbocycles. The Balaban J connectivity index is 2.07. The Morgan fingerprint density at radius 3 is 2.76 bits per heavy atom. The fourth-order valence-electron chi connectivity index (χ4n) is 2.88. The molecule has 1 fully saturated rings. The summed E-state index contributed by atoms with van der Waals surface area (Å²) in [6.45, 7) is 3.93. The largest absolute Gasteiger partial charge is 0.481 e. The van der Waals surface area contributed by atoms with Gasteiger partial charge in [0.2, 0.25) is 5.95 Å². The molecule has 0 saturated heterocycles. The van der Waals surface area contributed by atoms with Gasteiger partial charge in [-0.2, -0.15) is 0 Å². The molecular weight excluding hydrogens is 288 g/mol. The van der Waals surface area contributed by atoms with Crippen LogP contribution >= 0.6 is 11.8 Å². The minimum absolute atomic E-state index is 0.0220. The third kappa shape index (κ3) is 4.36. The zero-order valence-corrected chi connectivity index (χ0v) is 13.6. The van der Waals surface area contributed by atoms with Crippen molar-refractivity contribution in [2.75, 3.05) is 24.2 Å². The number of aromatic nitrogens is 3. The molecule has 1 heterocycles. The second-order valence-electron chi connectivity index (χ2n) is 5.65. The highest BCUT2D eigenvalue weighted by atomic mass is 32.2. The van der Waals surface area contributed by atoms with Gasteiger partial charge in [0.15, 0.2) is 5.16 Å². The molecule has 1 N–H and O–H groups in total. The molecular formula is C14H24N4O2S. The normalized spacial score (nSPS) is 15.5. The summed E-state index contributed by atoms with van der Waals surface area (Å²) in [5.41, 5.74) is 0. The van der Waals surface area contributed by atoms with Gasteiger partial charge in [-0.1, -0.05) is 31.5 Å². The summed E-state index contributed by atoms with van der Waals surface area (Å²) < 4.78 is 2.04. The van der Waals surface area contributed by atoms with E-state index in [4.69, 9.17) is 5.11 Å². The molecule has 0 unspecified atom stereocenters. The van der Waals surface area contributed by atoms with Crippen LogP contribution in [-0.2, 0) is 11.3 Å². The Bertz CT molecular complexity index is 472. The number of thioether (sulfide) groups is 1. The van der Waals surface area contributed by atoms with Gasteiger partial charge in [0.1, 0.15) is 0 Å². The molecule has 0 bridgehead atoms. The van der Waals surface area contributed by atoms with Gasteiger partial charge in [-0.15, -0.1) is 10.2 Å². The highest BCUT2D eigenvalue weighted by molar-refractivity contribution is 7.99. The number of nitrogens with zero attached hydrogens (tertiary/aromatic N) is 4. The van der Waals surface area contributed by atoms with Gasteiger partial charge < -0.3 is 10.0 Å². The molecule has 6 nitrogen and oxygen atoms in total. The summed E-state index contributed by atoms with van der Waals surface area (Å²) in [6.07, 6.45) is 6.24. The predicted molar refractivity (Wildman–Crippen MR) is 83.9 cm³/mol. The Morgan fingerprint density at radius 1 is 1.43 bits per heavy atom. The van der Waals surface area contributed by atoms with E-state index in [2.05, 4.69) is 29.1 Å². The smallest absolute Gasteiger partial charge is 0.313 e. The molecule has 7 heteroatoms. The molecule has 0 aromatic carbocycles. The second kappa shape index (κ2) is 7.68. The number of carbonyl (C=O) groups is 1. The van der Waals surface area contributed by atoms with Crippen molar-refractivity contribution in [3.63, 3.8) is 0 Å². The van der Waals surface area contributed by atoms with Gasteiger partial charge in [0.25, 0.3) is 0 Å². The summed E-state index contributed by atoms with van der Waals surface area (Å²) >= 11 is 1.24. The van der Waals surface area contributed by atoms with Crippen LogP contribution in [0, 0.1) is 5.92 Å². The van der Waals surface area contributed by atoms with Crippen LogP contribution in [0.4, 0.5) is 5.95 Å². The van der Waals surface area contributed by atoms with Crippen molar-refractivity contribution in [2.45, 2.75) is 50.7 Å². The van der Waals surface area contributed by atoms with E-state index in [-0.39, 0.29) is 5.75 Å². The van der Waals surface area contributed by atoms with E-state index in [0.29, 0.717) is 5.16 Å². The summed E-state index contributed by atoms with van der Waals surface area (Å²) in [5.74, 6) is 0.800. The lowest BCUT2D eigenvalue weighted by Crippen LogP contribution is -2.27. The van der Waals surface area contributed by atoms with Crippen LogP contribution in [0.25, 0.3) is 0 Å². The van der Waals surface area contributed by atoms with Crippen LogP contribution in [0.1, 0.15) is 39.0 Å². The highest BCUT2D eigenvalue weighted by Crippen LogP contribution is 2.27. The fourth-order valence-corrected chi connectivity index (χ4v) is 3.56. The zero-order chi connectivity index (χ0) is 15.2. The average molecular weight is 312 g/mol. The average Bonchev–Trinajstić information content (AvgIpc) is 3.06. The lowest BCUT2D eigenvalue weighted by molar-refractivity contribution is -0.133. The minimum Gasteiger partial charge on any atom is -0.481 e. The van der Waals surface area contributed by atoms with Crippen molar-refractivity contribution in [2.24, 2.45) is 5.92 Å². The first-order valence-corrected chi connectivity index (χ1v) is 8.59. The third-order valence-electron chi connectivity index (χ3n) is 3.82. The molecule has 118 valence electrons. The third-order valence-corrected chi connectivity index (χ3v) is 4.77. The molecule has 0 spiro atoms. The molecule has 1 aliphatic carbocycles. The summed E-state index contributed by atoms with van der Waals surface area (Å²) in [5, 5.41) is 18.0. The van der Waals surface area contributed by atoms with Gasteiger partial charge >= 0.3 is 5.97 Å². The predicted octanol–water partition coefficient (Wildman–Crippen LogP) is 2.49. The summed E-state index contributed by atoms with van der Waals surface area (Å²) in [6, 6.07) is 0. The summed E-state index contributed by atoms with van der Waals surface area (Å²) in [7, 11) is 2.06. The molecule has 0 radical (unpaired) electrons. The number of rotatable bonds is 8. The maximum absolute atomic E-state index is 10.7. The van der Waals surface area contributed by atoms with Crippen molar-refractivity contribution in [1.29, 1.82) is 0 Å². The van der Waals surface area contributed by atoms with E-state index in [1.165, 1.54) is 37.4 Å². The monoisotopic (exact) mass is 312 g/mol. The summed E-state index contributed by atoms with van der Waals surface area (Å²) in [4.78, 5) is 12.9. The molecule has 0 aliphatic heterocycles. The van der Waals surface area contributed by atoms with Crippen LogP contribution in [0.15, 0.2) is 5.16 Å². The maximum atomic E-state index is 10.7. The first kappa shape index (κ1) is 16.1. The topological polar surface area (TPSA) is 71.2 Å². The SMILES string of the molecule is CCCn1c(SCC(=O)O)nnc1N(C)CC1CCCC1. The van der Waals surface area contributed by atoms with Crippen LogP contribution < -0.4 is 4.90 Å². The molecule has 1 aromatic heterocycles. The quantitative estimate of drug-likeness (QED) is 0.744. The Labute approximate surface area is 129 Å². The van der Waals surface area contributed by atoms with Crippen molar-refractivity contribution < 1.29 is 9.90 Å². The first-order chi connectivity index (χ1) is 10.1. The number of aliphatic carboxylic acids is 1. The van der Waals surface area contributed by atoms with Crippen molar-refractivity contribution in [1.82, 2.24) is 14.8 Å². The van der Waals surface area contributed by atoms with Gasteiger partial charge in [-0.3, -0.25) is 9.36 Å². The standard InChI is InChI=1S/C14H24N4O2S/c1-3-8-18-13(15-16-14(18)21-10-12(19)20)17(2)9-11-6-4-5-7-11/h11H,3-10H2,1-2H3,(H,19,20). The van der Waals surface area contributed by atoms with Gasteiger partial charge in [-0.05, 0) is 25.2 Å². The van der Waals surface area contributed by atoms with Crippen molar-refractivity contribution in [3.05, 3.63) is 0 Å². The first-order valence-electron chi connectivity index (χ1n) is 7.60. The lowest BCUT2D eigenvalue weighted by atomic mass is 10.1. The number of carboxylic acids is 1. The van der Waals surface area contributed by atoms with E-state index in [1.807, 2.05) is 4.57 Å². The molecule has 0 atom stereocenters. The van der Waals surface area contributed by atoms with Crippen LogP contribution in [0.2, 0.25) is 0 Å². The van der Waals surface area contributed by atoms with Crippen LogP contribution in [0.5, 0.6) is 0 Å². The van der Waals surface area contributed by atoms with E-state index in [1.54, 1.807) is 0 Å². The lowest BCUT2D eigenvalue weighted by Gasteiger charge is -2.22. The number of carboxylic acid groups (broad SMARTS) is 1. The maximum Gasteiger partial charge on any atom is 0.313 e. The van der Waals surface area contributed by atoms with Crippen LogP contribution in [0.3, 0.4) is 0 Å². The van der Waals surface area contributed by atoms with Crippen LogP contribution in [-0.4, -0.2) is 45.2 Å². The van der Waals surface area contributed by atoms with E-state index >= 15 is 0 Å². The Hall–Kier alpha value is -1.24. The Kier molecular flexibility index (Phi) is 5.90. The van der Waals surface area contributed by atoms with Gasteiger partial charge in [0.05, 0.1) is 5.75 Å². The van der Waals surface area contributed by atoms with Gasteiger partial charge in [-0.25, -0.2) is 0 Å². The molecule has 2 rings (SSSR count). The second-order valence-corrected chi connectivity index (χ2v) is 6.59. The molecule has 21 heavy (non-hydrogen) atoms. The van der Waals surface area contributed by atoms with Gasteiger partial charge in [0, 0.05) is 20.1 Å². The van der Waals surface area contributed by atoms with E-state index in [0.717, 1.165) is 31.4 Å². The Morgan fingerprint density at radius 2 is 2.14 bits per heavy atom. The number of hydrogen-bond donors (Lipinski definition) is 1. The number of hydrogen-bond acceptors (Lipinski definition) is 5. The highest BCUT2D eigenvalue weighted by Gasteiger charge is 2.21. The van der Waals surface area contributed by atoms with Crippen molar-refractivity contribution >= 4 is 23.7 Å². The molecule has 1 aliphatic rings. The number of anilines is 1.